The average molecular weight is 471 g/mol. The van der Waals surface area contributed by atoms with Gasteiger partial charge >= 0.3 is 5.97 Å². The SMILES string of the molecule is Cc1c(C(=O)Oc2cccc3cccnc23)oc2c1/C(=N/NC(=S)Nc1ccccc1)CCC2. The lowest BCUT2D eigenvalue weighted by Gasteiger charge is -2.14. The molecule has 4 aromatic rings. The first-order valence-corrected chi connectivity index (χ1v) is 11.4. The normalized spacial score (nSPS) is 14.0. The van der Waals surface area contributed by atoms with Crippen molar-refractivity contribution in [3.8, 4) is 5.75 Å². The number of pyridine rings is 1. The molecule has 2 aromatic heterocycles. The number of para-hydroxylation sites is 2. The quantitative estimate of drug-likeness (QED) is 0.179. The van der Waals surface area contributed by atoms with Gasteiger partial charge in [-0.1, -0.05) is 36.4 Å². The molecule has 1 aliphatic carbocycles. The number of aromatic nitrogens is 1. The van der Waals surface area contributed by atoms with Gasteiger partial charge in [-0.3, -0.25) is 10.4 Å². The van der Waals surface area contributed by atoms with Gasteiger partial charge in [-0.05, 0) is 56.2 Å². The summed E-state index contributed by atoms with van der Waals surface area (Å²) in [6, 6.07) is 18.9. The van der Waals surface area contributed by atoms with E-state index in [1.165, 1.54) is 0 Å². The summed E-state index contributed by atoms with van der Waals surface area (Å²) in [5.74, 6) is 0.746. The molecule has 170 valence electrons. The van der Waals surface area contributed by atoms with Crippen LogP contribution in [0, 0.1) is 6.92 Å². The Morgan fingerprint density at radius 2 is 1.91 bits per heavy atom. The zero-order chi connectivity index (χ0) is 23.5. The number of hydrazone groups is 1. The molecule has 0 unspecified atom stereocenters. The lowest BCUT2D eigenvalue weighted by atomic mass is 9.93. The number of fused-ring (bicyclic) bond motifs is 2. The molecule has 8 heteroatoms. The van der Waals surface area contributed by atoms with E-state index in [0.29, 0.717) is 21.9 Å². The van der Waals surface area contributed by atoms with Crippen LogP contribution in [0.2, 0.25) is 0 Å². The summed E-state index contributed by atoms with van der Waals surface area (Å²) in [7, 11) is 0. The van der Waals surface area contributed by atoms with Gasteiger partial charge in [-0.15, -0.1) is 0 Å². The van der Waals surface area contributed by atoms with Gasteiger partial charge in [0.2, 0.25) is 5.76 Å². The summed E-state index contributed by atoms with van der Waals surface area (Å²) in [5, 5.41) is 8.89. The largest absolute Gasteiger partial charge is 0.453 e. The number of anilines is 1. The Morgan fingerprint density at radius 1 is 1.09 bits per heavy atom. The summed E-state index contributed by atoms with van der Waals surface area (Å²) in [4.78, 5) is 17.4. The Morgan fingerprint density at radius 3 is 2.76 bits per heavy atom. The zero-order valence-electron chi connectivity index (χ0n) is 18.5. The number of carbonyl (C=O) groups is 1. The number of rotatable bonds is 4. The lowest BCUT2D eigenvalue weighted by Crippen LogP contribution is -2.26. The summed E-state index contributed by atoms with van der Waals surface area (Å²) in [5.41, 5.74) is 6.74. The molecule has 2 N–H and O–H groups in total. The predicted molar refractivity (Wildman–Crippen MR) is 135 cm³/mol. The first-order valence-electron chi connectivity index (χ1n) is 11.0. The van der Waals surface area contributed by atoms with Crippen LogP contribution in [0.25, 0.3) is 10.9 Å². The van der Waals surface area contributed by atoms with Gasteiger partial charge in [0.25, 0.3) is 0 Å². The molecule has 0 spiro atoms. The molecule has 0 saturated heterocycles. The number of nitrogens with zero attached hydrogens (tertiary/aromatic N) is 2. The van der Waals surface area contributed by atoms with E-state index in [9.17, 15) is 4.79 Å². The highest BCUT2D eigenvalue weighted by Gasteiger charge is 2.29. The Labute approximate surface area is 201 Å². The Kier molecular flexibility index (Phi) is 6.05. The smallest absolute Gasteiger partial charge is 0.380 e. The highest BCUT2D eigenvalue weighted by atomic mass is 32.1. The van der Waals surface area contributed by atoms with Crippen molar-refractivity contribution in [2.24, 2.45) is 5.10 Å². The van der Waals surface area contributed by atoms with Gasteiger partial charge in [0.15, 0.2) is 10.9 Å². The molecule has 0 saturated carbocycles. The minimum absolute atomic E-state index is 0.178. The molecule has 1 aliphatic rings. The Balaban J connectivity index is 1.37. The Bertz CT molecular complexity index is 1410. The van der Waals surface area contributed by atoms with Crippen molar-refractivity contribution in [3.63, 3.8) is 0 Å². The first kappa shape index (κ1) is 21.8. The summed E-state index contributed by atoms with van der Waals surface area (Å²) in [6.07, 6.45) is 4.01. The molecular weight excluding hydrogens is 448 g/mol. The maximum Gasteiger partial charge on any atom is 0.380 e. The van der Waals surface area contributed by atoms with Crippen molar-refractivity contribution in [2.75, 3.05) is 5.32 Å². The van der Waals surface area contributed by atoms with Crippen molar-refractivity contribution < 1.29 is 13.9 Å². The number of furan rings is 1. The molecule has 2 aromatic carbocycles. The van der Waals surface area contributed by atoms with Crippen LogP contribution in [0.15, 0.2) is 76.4 Å². The van der Waals surface area contributed by atoms with E-state index in [1.54, 1.807) is 12.3 Å². The van der Waals surface area contributed by atoms with Crippen molar-refractivity contribution in [2.45, 2.75) is 26.2 Å². The van der Waals surface area contributed by atoms with Crippen LogP contribution in [0.3, 0.4) is 0 Å². The molecule has 7 nitrogen and oxygen atoms in total. The molecule has 2 heterocycles. The van der Waals surface area contributed by atoms with Crippen LogP contribution in [0.1, 0.15) is 40.3 Å². The summed E-state index contributed by atoms with van der Waals surface area (Å²) < 4.78 is 11.7. The number of aryl methyl sites for hydroxylation is 1. The van der Waals surface area contributed by atoms with Gasteiger partial charge in [0, 0.05) is 34.8 Å². The maximum atomic E-state index is 13.0. The monoisotopic (exact) mass is 470 g/mol. The number of ether oxygens (including phenoxy) is 1. The molecular formula is C26H22N4O3S. The third kappa shape index (κ3) is 4.40. The fourth-order valence-electron chi connectivity index (χ4n) is 4.08. The second-order valence-corrected chi connectivity index (χ2v) is 8.33. The highest BCUT2D eigenvalue weighted by molar-refractivity contribution is 7.80. The van der Waals surface area contributed by atoms with Gasteiger partial charge in [0.05, 0.1) is 5.71 Å². The van der Waals surface area contributed by atoms with Gasteiger partial charge in [-0.25, -0.2) is 4.79 Å². The van der Waals surface area contributed by atoms with Crippen LogP contribution in [0.4, 0.5) is 5.69 Å². The highest BCUT2D eigenvalue weighted by Crippen LogP contribution is 2.31. The second-order valence-electron chi connectivity index (χ2n) is 7.92. The van der Waals surface area contributed by atoms with Crippen LogP contribution in [0.5, 0.6) is 5.75 Å². The lowest BCUT2D eigenvalue weighted by molar-refractivity contribution is 0.0700. The van der Waals surface area contributed by atoms with Crippen molar-refractivity contribution >= 4 is 45.6 Å². The standard InChI is InChI=1S/C26H22N4O3S/c1-16-22-19(29-30-26(34)28-18-10-3-2-4-11-18)12-6-13-20(22)32-24(16)25(31)33-21-14-5-8-17-9-7-15-27-23(17)21/h2-5,7-11,14-15H,6,12-13H2,1H3,(H2,28,30,34)/b29-19+. The predicted octanol–water partition coefficient (Wildman–Crippen LogP) is 5.38. The minimum atomic E-state index is -0.557. The van der Waals surface area contributed by atoms with Crippen LogP contribution in [-0.2, 0) is 6.42 Å². The molecule has 0 fully saturated rings. The fourth-order valence-corrected chi connectivity index (χ4v) is 4.24. The maximum absolute atomic E-state index is 13.0. The van der Waals surface area contributed by atoms with Gasteiger partial charge < -0.3 is 14.5 Å². The number of hydrogen-bond acceptors (Lipinski definition) is 6. The number of benzene rings is 2. The first-order chi connectivity index (χ1) is 16.6. The number of carbonyl (C=O) groups excluding carboxylic acids is 1. The minimum Gasteiger partial charge on any atom is -0.453 e. The fraction of sp³-hybridized carbons (Fsp3) is 0.154. The van der Waals surface area contributed by atoms with Crippen molar-refractivity contribution in [3.05, 3.63) is 89.5 Å². The average Bonchev–Trinajstić information content (AvgIpc) is 3.21. The van der Waals surface area contributed by atoms with Gasteiger partial charge in [-0.2, -0.15) is 5.10 Å². The van der Waals surface area contributed by atoms with E-state index in [-0.39, 0.29) is 5.76 Å². The number of hydrogen-bond donors (Lipinski definition) is 2. The number of esters is 1. The van der Waals surface area contributed by atoms with E-state index < -0.39 is 5.97 Å². The molecule has 0 amide bonds. The molecule has 0 atom stereocenters. The van der Waals surface area contributed by atoms with Crippen LogP contribution in [-0.4, -0.2) is 21.8 Å². The molecule has 0 radical (unpaired) electrons. The summed E-state index contributed by atoms with van der Waals surface area (Å²) in [6.45, 7) is 1.85. The number of thiocarbonyl (C=S) groups is 1. The zero-order valence-corrected chi connectivity index (χ0v) is 19.3. The molecule has 5 rings (SSSR count). The second kappa shape index (κ2) is 9.44. The third-order valence-corrected chi connectivity index (χ3v) is 5.83. The molecule has 0 aliphatic heterocycles. The van der Waals surface area contributed by atoms with E-state index in [1.807, 2.05) is 61.5 Å². The van der Waals surface area contributed by atoms with Crippen LogP contribution >= 0.6 is 12.2 Å². The number of nitrogens with one attached hydrogen (secondary N) is 2. The van der Waals surface area contributed by atoms with Gasteiger partial charge in [0.1, 0.15) is 11.3 Å². The van der Waals surface area contributed by atoms with Crippen molar-refractivity contribution in [1.82, 2.24) is 10.4 Å². The van der Waals surface area contributed by atoms with E-state index in [4.69, 9.17) is 21.4 Å². The van der Waals surface area contributed by atoms with Crippen LogP contribution < -0.4 is 15.5 Å². The molecule has 34 heavy (non-hydrogen) atoms. The van der Waals surface area contributed by atoms with E-state index >= 15 is 0 Å². The summed E-state index contributed by atoms with van der Waals surface area (Å²) >= 11 is 5.36. The van der Waals surface area contributed by atoms with Crippen molar-refractivity contribution in [1.29, 1.82) is 0 Å². The van der Waals surface area contributed by atoms with E-state index in [0.717, 1.165) is 47.4 Å². The Hall–Kier alpha value is -4.04. The molecule has 0 bridgehead atoms. The van der Waals surface area contributed by atoms with E-state index in [2.05, 4.69) is 20.8 Å². The third-order valence-electron chi connectivity index (χ3n) is 5.63. The topological polar surface area (TPSA) is 88.8 Å².